The van der Waals surface area contributed by atoms with Gasteiger partial charge in [0.05, 0.1) is 15.2 Å². The summed E-state index contributed by atoms with van der Waals surface area (Å²) in [5, 5.41) is 12.0. The number of aromatic nitrogens is 1. The number of nitro groups is 1. The smallest absolute Gasteiger partial charge is 0.270 e. The molecule has 0 radical (unpaired) electrons. The van der Waals surface area contributed by atoms with Crippen LogP contribution in [0.3, 0.4) is 0 Å². The maximum absolute atomic E-state index is 12.6. The topological polar surface area (TPSA) is 76.3 Å². The van der Waals surface area contributed by atoms with E-state index in [1.807, 2.05) is 13.0 Å². The Labute approximate surface area is 149 Å². The van der Waals surface area contributed by atoms with Crippen LogP contribution in [0.4, 0.5) is 11.4 Å². The molecule has 6 nitrogen and oxygen atoms in total. The van der Waals surface area contributed by atoms with E-state index in [0.717, 1.165) is 35.1 Å². The average Bonchev–Trinajstić information content (AvgIpc) is 2.61. The zero-order chi connectivity index (χ0) is 18.2. The first kappa shape index (κ1) is 17.8. The molecule has 1 aromatic heterocycles. The van der Waals surface area contributed by atoms with E-state index in [2.05, 4.69) is 23.7 Å². The summed E-state index contributed by atoms with van der Waals surface area (Å²) in [6, 6.07) is 6.78. The summed E-state index contributed by atoms with van der Waals surface area (Å²) in [5.41, 5.74) is 2.65. The zero-order valence-electron chi connectivity index (χ0n) is 14.8. The van der Waals surface area contributed by atoms with E-state index in [-0.39, 0.29) is 15.4 Å². The van der Waals surface area contributed by atoms with E-state index in [1.165, 1.54) is 6.07 Å². The summed E-state index contributed by atoms with van der Waals surface area (Å²) in [6.07, 6.45) is 1.71. The molecule has 0 spiro atoms. The number of nitro benzene ring substituents is 1. The molecule has 0 bridgehead atoms. The van der Waals surface area contributed by atoms with E-state index in [9.17, 15) is 14.3 Å². The fraction of sp³-hybridized carbons (Fsp3) is 0.500. The molecule has 1 aliphatic rings. The van der Waals surface area contributed by atoms with Gasteiger partial charge in [0.2, 0.25) is 0 Å². The molecular formula is C18H23N3O3S. The van der Waals surface area contributed by atoms with Crippen LogP contribution in [0.5, 0.6) is 0 Å². The number of hydrogen-bond acceptors (Lipinski definition) is 5. The van der Waals surface area contributed by atoms with Crippen molar-refractivity contribution < 1.29 is 9.13 Å². The van der Waals surface area contributed by atoms with Crippen molar-refractivity contribution in [2.24, 2.45) is 0 Å². The zero-order valence-corrected chi connectivity index (χ0v) is 15.6. The van der Waals surface area contributed by atoms with Crippen LogP contribution in [0, 0.1) is 17.0 Å². The van der Waals surface area contributed by atoms with Crippen molar-refractivity contribution in [3.63, 3.8) is 0 Å². The van der Waals surface area contributed by atoms with Gasteiger partial charge in [-0.15, -0.1) is 0 Å². The standard InChI is InChI=1S/C18H23N3O3S/c1-4-18(5-2)12-20(8-9-25(18)24)17-10-13(3)19-16-7-6-14(21(22)23)11-15(16)17/h6-7,10-11H,4-5,8-9,12H2,1-3H3. The maximum Gasteiger partial charge on any atom is 0.270 e. The molecule has 0 amide bonds. The maximum atomic E-state index is 12.6. The van der Waals surface area contributed by atoms with Crippen LogP contribution in [-0.4, -0.2) is 37.7 Å². The summed E-state index contributed by atoms with van der Waals surface area (Å²) in [4.78, 5) is 17.5. The molecular weight excluding hydrogens is 338 g/mol. The van der Waals surface area contributed by atoms with Crippen molar-refractivity contribution >= 4 is 33.1 Å². The van der Waals surface area contributed by atoms with Crippen LogP contribution in [0.15, 0.2) is 24.3 Å². The van der Waals surface area contributed by atoms with Gasteiger partial charge < -0.3 is 4.90 Å². The van der Waals surface area contributed by atoms with Crippen LogP contribution in [0.25, 0.3) is 10.9 Å². The first-order valence-corrected chi connectivity index (χ1v) is 9.91. The lowest BCUT2D eigenvalue weighted by molar-refractivity contribution is -0.384. The lowest BCUT2D eigenvalue weighted by Crippen LogP contribution is -2.53. The highest BCUT2D eigenvalue weighted by Gasteiger charge is 2.39. The third-order valence-corrected chi connectivity index (χ3v) is 7.47. The lowest BCUT2D eigenvalue weighted by atomic mass is 10.00. The van der Waals surface area contributed by atoms with Crippen LogP contribution in [0.1, 0.15) is 32.4 Å². The van der Waals surface area contributed by atoms with Crippen molar-refractivity contribution in [2.75, 3.05) is 23.7 Å². The largest absolute Gasteiger partial charge is 0.369 e. The van der Waals surface area contributed by atoms with Crippen molar-refractivity contribution in [1.82, 2.24) is 4.98 Å². The number of rotatable bonds is 4. The summed E-state index contributed by atoms with van der Waals surface area (Å²) in [6.45, 7) is 7.50. The minimum absolute atomic E-state index is 0.0669. The summed E-state index contributed by atoms with van der Waals surface area (Å²) in [5.74, 6) is 0.624. The Bertz CT molecular complexity index is 849. The number of fused-ring (bicyclic) bond motifs is 1. The van der Waals surface area contributed by atoms with Crippen LogP contribution < -0.4 is 4.90 Å². The summed E-state index contributed by atoms with van der Waals surface area (Å²) < 4.78 is 12.4. The van der Waals surface area contributed by atoms with Gasteiger partial charge in [-0.2, -0.15) is 0 Å². The van der Waals surface area contributed by atoms with E-state index in [1.54, 1.807) is 12.1 Å². The van der Waals surface area contributed by atoms with Gasteiger partial charge in [0.15, 0.2) is 0 Å². The minimum Gasteiger partial charge on any atom is -0.369 e. The quantitative estimate of drug-likeness (QED) is 0.614. The molecule has 1 fully saturated rings. The van der Waals surface area contributed by atoms with Crippen molar-refractivity contribution in [1.29, 1.82) is 0 Å². The van der Waals surface area contributed by atoms with E-state index < -0.39 is 10.8 Å². The van der Waals surface area contributed by atoms with Crippen molar-refractivity contribution in [3.05, 3.63) is 40.1 Å². The molecule has 2 aromatic rings. The first-order chi connectivity index (χ1) is 11.9. The molecule has 0 N–H and O–H groups in total. The Kier molecular flexibility index (Phi) is 4.77. The second-order valence-electron chi connectivity index (χ2n) is 6.60. The predicted molar refractivity (Wildman–Crippen MR) is 102 cm³/mol. The van der Waals surface area contributed by atoms with E-state index in [0.29, 0.717) is 18.8 Å². The average molecular weight is 361 g/mol. The van der Waals surface area contributed by atoms with Crippen LogP contribution >= 0.6 is 0 Å². The van der Waals surface area contributed by atoms with Gasteiger partial charge in [-0.3, -0.25) is 19.3 Å². The Balaban J connectivity index is 2.12. The van der Waals surface area contributed by atoms with Gasteiger partial charge in [-0.05, 0) is 31.9 Å². The van der Waals surface area contributed by atoms with Crippen molar-refractivity contribution in [3.8, 4) is 0 Å². The monoisotopic (exact) mass is 361 g/mol. The molecule has 25 heavy (non-hydrogen) atoms. The molecule has 1 aliphatic heterocycles. The highest BCUT2D eigenvalue weighted by molar-refractivity contribution is 7.86. The summed E-state index contributed by atoms with van der Waals surface area (Å²) in [7, 11) is -0.847. The van der Waals surface area contributed by atoms with Crippen LogP contribution in [0.2, 0.25) is 0 Å². The molecule has 0 aliphatic carbocycles. The number of hydrogen-bond donors (Lipinski definition) is 0. The van der Waals surface area contributed by atoms with Gasteiger partial charge in [0.25, 0.3) is 5.69 Å². The highest BCUT2D eigenvalue weighted by Crippen LogP contribution is 2.35. The van der Waals surface area contributed by atoms with E-state index in [4.69, 9.17) is 0 Å². The highest BCUT2D eigenvalue weighted by atomic mass is 32.2. The number of aryl methyl sites for hydroxylation is 1. The third kappa shape index (κ3) is 3.13. The fourth-order valence-corrected chi connectivity index (χ4v) is 5.37. The summed E-state index contributed by atoms with van der Waals surface area (Å²) >= 11 is 0. The fourth-order valence-electron chi connectivity index (χ4n) is 3.61. The number of benzene rings is 1. The molecule has 1 unspecified atom stereocenters. The van der Waals surface area contributed by atoms with Gasteiger partial charge in [0, 0.05) is 58.5 Å². The molecule has 1 aromatic carbocycles. The lowest BCUT2D eigenvalue weighted by Gasteiger charge is -2.42. The van der Waals surface area contributed by atoms with Crippen LogP contribution in [-0.2, 0) is 10.8 Å². The normalized spacial score (nSPS) is 20.0. The second-order valence-corrected chi connectivity index (χ2v) is 8.57. The second kappa shape index (κ2) is 6.71. The number of non-ortho nitro benzene ring substituents is 1. The Morgan fingerprint density at radius 3 is 2.68 bits per heavy atom. The first-order valence-electron chi connectivity index (χ1n) is 8.59. The number of nitrogens with zero attached hydrogens (tertiary/aromatic N) is 3. The molecule has 134 valence electrons. The molecule has 0 saturated carbocycles. The van der Waals surface area contributed by atoms with Gasteiger partial charge in [-0.1, -0.05) is 13.8 Å². The van der Waals surface area contributed by atoms with Gasteiger partial charge in [0.1, 0.15) is 0 Å². The number of anilines is 1. The molecule has 7 heteroatoms. The van der Waals surface area contributed by atoms with Crippen molar-refractivity contribution in [2.45, 2.75) is 38.4 Å². The minimum atomic E-state index is -0.847. The number of pyridine rings is 1. The van der Waals surface area contributed by atoms with Gasteiger partial charge >= 0.3 is 0 Å². The Hall–Kier alpha value is -2.02. The molecule has 2 heterocycles. The third-order valence-electron chi connectivity index (χ3n) is 5.25. The molecule has 3 rings (SSSR count). The SMILES string of the molecule is CCC1(CC)CN(c2cc(C)nc3ccc([N+](=O)[O-])cc23)CCS1=O. The predicted octanol–water partition coefficient (Wildman–Crippen LogP) is 3.58. The molecule has 1 atom stereocenters. The molecule has 1 saturated heterocycles. The van der Waals surface area contributed by atoms with E-state index >= 15 is 0 Å². The van der Waals surface area contributed by atoms with Gasteiger partial charge in [-0.25, -0.2) is 0 Å². The Morgan fingerprint density at radius 1 is 1.32 bits per heavy atom. The Morgan fingerprint density at radius 2 is 2.04 bits per heavy atom.